The van der Waals surface area contributed by atoms with Gasteiger partial charge in [0.2, 0.25) is 0 Å². The summed E-state index contributed by atoms with van der Waals surface area (Å²) in [7, 11) is 1.55. The molecule has 0 aliphatic carbocycles. The second-order valence-corrected chi connectivity index (χ2v) is 7.79. The predicted octanol–water partition coefficient (Wildman–Crippen LogP) is 4.72. The third-order valence-corrected chi connectivity index (χ3v) is 5.14. The van der Waals surface area contributed by atoms with E-state index in [1.807, 2.05) is 31.2 Å². The topological polar surface area (TPSA) is 47.6 Å². The van der Waals surface area contributed by atoms with Crippen molar-refractivity contribution >= 4 is 51.9 Å². The number of aryl methyl sites for hydroxylation is 1. The Bertz CT molecular complexity index is 894. The van der Waals surface area contributed by atoms with E-state index in [4.69, 9.17) is 33.3 Å². The molecule has 7 heteroatoms. The van der Waals surface area contributed by atoms with Crippen LogP contribution in [0.3, 0.4) is 0 Å². The molecule has 1 aliphatic heterocycles. The summed E-state index contributed by atoms with van der Waals surface area (Å²) in [5.41, 5.74) is 2.96. The van der Waals surface area contributed by atoms with Crippen LogP contribution in [0.1, 0.15) is 16.7 Å². The van der Waals surface area contributed by atoms with Gasteiger partial charge in [-0.2, -0.15) is 0 Å². The highest BCUT2D eigenvalue weighted by Gasteiger charge is 2.22. The maximum absolute atomic E-state index is 11.8. The zero-order chi connectivity index (χ0) is 18.7. The minimum Gasteiger partial charge on any atom is -0.493 e. The van der Waals surface area contributed by atoms with Crippen molar-refractivity contribution in [2.75, 3.05) is 7.11 Å². The normalized spacial score (nSPS) is 15.3. The largest absolute Gasteiger partial charge is 0.493 e. The van der Waals surface area contributed by atoms with Crippen molar-refractivity contribution in [1.29, 1.82) is 0 Å². The van der Waals surface area contributed by atoms with Gasteiger partial charge in [-0.25, -0.2) is 0 Å². The van der Waals surface area contributed by atoms with Crippen LogP contribution in [-0.4, -0.2) is 17.3 Å². The van der Waals surface area contributed by atoms with Crippen LogP contribution in [0.15, 0.2) is 41.3 Å². The average molecular weight is 406 g/mol. The van der Waals surface area contributed by atoms with Gasteiger partial charge >= 0.3 is 0 Å². The molecule has 3 rings (SSSR count). The Morgan fingerprint density at radius 2 is 2.00 bits per heavy atom. The first-order valence-electron chi connectivity index (χ1n) is 7.77. The fourth-order valence-corrected chi connectivity index (χ4v) is 3.69. The van der Waals surface area contributed by atoms with Crippen molar-refractivity contribution < 1.29 is 14.3 Å². The number of ether oxygens (including phenoxy) is 2. The molecule has 1 amide bonds. The summed E-state index contributed by atoms with van der Waals surface area (Å²) in [4.78, 5) is 12.3. The fraction of sp³-hybridized carbons (Fsp3) is 0.158. The molecule has 134 valence electrons. The lowest BCUT2D eigenvalue weighted by molar-refractivity contribution is -0.115. The van der Waals surface area contributed by atoms with Crippen LogP contribution in [0.2, 0.25) is 5.02 Å². The molecule has 1 N–H and O–H groups in total. The van der Waals surface area contributed by atoms with Gasteiger partial charge < -0.3 is 14.8 Å². The SMILES string of the molecule is COc1cc(/C=C2\SC(=S)NC2=O)cc(Cl)c1OCc1ccc(C)cc1. The van der Waals surface area contributed by atoms with Crippen molar-refractivity contribution in [3.63, 3.8) is 0 Å². The summed E-state index contributed by atoms with van der Waals surface area (Å²) in [6.07, 6.45) is 1.72. The lowest BCUT2D eigenvalue weighted by Crippen LogP contribution is -2.17. The van der Waals surface area contributed by atoms with E-state index < -0.39 is 0 Å². The minimum absolute atomic E-state index is 0.213. The maximum atomic E-state index is 11.8. The van der Waals surface area contributed by atoms with Crippen LogP contribution in [0, 0.1) is 6.92 Å². The molecule has 0 saturated carbocycles. The summed E-state index contributed by atoms with van der Waals surface area (Å²) in [6, 6.07) is 11.6. The summed E-state index contributed by atoms with van der Waals surface area (Å²) in [5.74, 6) is 0.758. The Balaban J connectivity index is 1.83. The quantitative estimate of drug-likeness (QED) is 0.575. The number of carbonyl (C=O) groups excluding carboxylic acids is 1. The Morgan fingerprint density at radius 3 is 2.62 bits per heavy atom. The predicted molar refractivity (Wildman–Crippen MR) is 110 cm³/mol. The van der Waals surface area contributed by atoms with Crippen molar-refractivity contribution in [2.24, 2.45) is 0 Å². The van der Waals surface area contributed by atoms with E-state index in [1.54, 1.807) is 25.3 Å². The highest BCUT2D eigenvalue weighted by Crippen LogP contribution is 2.38. The second-order valence-electron chi connectivity index (χ2n) is 5.66. The highest BCUT2D eigenvalue weighted by molar-refractivity contribution is 8.26. The first-order valence-corrected chi connectivity index (χ1v) is 9.37. The molecular weight excluding hydrogens is 390 g/mol. The summed E-state index contributed by atoms with van der Waals surface area (Å²) >= 11 is 12.6. The van der Waals surface area contributed by atoms with E-state index in [-0.39, 0.29) is 5.91 Å². The second kappa shape index (κ2) is 8.12. The number of methoxy groups -OCH3 is 1. The fourth-order valence-electron chi connectivity index (χ4n) is 2.38. The molecule has 1 saturated heterocycles. The van der Waals surface area contributed by atoms with E-state index in [9.17, 15) is 4.79 Å². The Hall–Kier alpha value is -2.02. The number of nitrogens with one attached hydrogen (secondary N) is 1. The Labute approximate surface area is 166 Å². The molecule has 0 spiro atoms. The van der Waals surface area contributed by atoms with Crippen LogP contribution in [0.25, 0.3) is 6.08 Å². The molecule has 26 heavy (non-hydrogen) atoms. The van der Waals surface area contributed by atoms with E-state index in [1.165, 1.54) is 17.3 Å². The number of hydrogen-bond acceptors (Lipinski definition) is 5. The van der Waals surface area contributed by atoms with Crippen LogP contribution < -0.4 is 14.8 Å². The van der Waals surface area contributed by atoms with Crippen LogP contribution in [0.5, 0.6) is 11.5 Å². The number of carbonyl (C=O) groups is 1. The molecule has 0 atom stereocenters. The van der Waals surface area contributed by atoms with Crippen molar-refractivity contribution in [3.05, 3.63) is 63.0 Å². The van der Waals surface area contributed by atoms with Gasteiger partial charge in [-0.1, -0.05) is 65.4 Å². The molecule has 2 aromatic carbocycles. The molecule has 0 unspecified atom stereocenters. The molecule has 1 aliphatic rings. The number of rotatable bonds is 5. The molecule has 2 aromatic rings. The molecule has 1 fully saturated rings. The molecule has 0 aromatic heterocycles. The van der Waals surface area contributed by atoms with Crippen LogP contribution in [0.4, 0.5) is 0 Å². The van der Waals surface area contributed by atoms with E-state index >= 15 is 0 Å². The number of thiocarbonyl (C=S) groups is 1. The number of amides is 1. The number of benzene rings is 2. The monoisotopic (exact) mass is 405 g/mol. The van der Waals surface area contributed by atoms with E-state index in [2.05, 4.69) is 5.32 Å². The lowest BCUT2D eigenvalue weighted by atomic mass is 10.1. The van der Waals surface area contributed by atoms with Gasteiger partial charge in [0.25, 0.3) is 5.91 Å². The lowest BCUT2D eigenvalue weighted by Gasteiger charge is -2.13. The average Bonchev–Trinajstić information content (AvgIpc) is 2.92. The smallest absolute Gasteiger partial charge is 0.263 e. The van der Waals surface area contributed by atoms with Crippen molar-refractivity contribution in [1.82, 2.24) is 5.32 Å². The van der Waals surface area contributed by atoms with Gasteiger partial charge in [0.15, 0.2) is 11.5 Å². The third-order valence-electron chi connectivity index (χ3n) is 3.70. The molecule has 0 bridgehead atoms. The maximum Gasteiger partial charge on any atom is 0.263 e. The highest BCUT2D eigenvalue weighted by atomic mass is 35.5. The van der Waals surface area contributed by atoms with Gasteiger partial charge in [-0.05, 0) is 36.3 Å². The number of hydrogen-bond donors (Lipinski definition) is 1. The Kier molecular flexibility index (Phi) is 5.86. The third kappa shape index (κ3) is 4.38. The van der Waals surface area contributed by atoms with Crippen LogP contribution >= 0.6 is 35.6 Å². The zero-order valence-electron chi connectivity index (χ0n) is 14.2. The van der Waals surface area contributed by atoms with Gasteiger partial charge in [-0.15, -0.1) is 0 Å². The number of halogens is 1. The molecule has 4 nitrogen and oxygen atoms in total. The zero-order valence-corrected chi connectivity index (χ0v) is 16.6. The first kappa shape index (κ1) is 18.8. The van der Waals surface area contributed by atoms with Gasteiger partial charge in [0.1, 0.15) is 10.9 Å². The molecule has 1 heterocycles. The van der Waals surface area contributed by atoms with E-state index in [0.29, 0.717) is 32.4 Å². The molecule has 0 radical (unpaired) electrons. The van der Waals surface area contributed by atoms with Crippen molar-refractivity contribution in [3.8, 4) is 11.5 Å². The van der Waals surface area contributed by atoms with Gasteiger partial charge in [0, 0.05) is 0 Å². The Morgan fingerprint density at radius 1 is 1.27 bits per heavy atom. The van der Waals surface area contributed by atoms with Gasteiger partial charge in [-0.3, -0.25) is 4.79 Å². The standard InChI is InChI=1S/C19H16ClNO3S2/c1-11-3-5-12(6-4-11)10-24-17-14(20)7-13(8-15(17)23-2)9-16-18(22)21-19(25)26-16/h3-9H,10H2,1-2H3,(H,21,22,25)/b16-9-. The molecular formula is C19H16ClNO3S2. The van der Waals surface area contributed by atoms with Gasteiger partial charge in [0.05, 0.1) is 17.0 Å². The summed E-state index contributed by atoms with van der Waals surface area (Å²) in [5, 5.41) is 2.99. The minimum atomic E-state index is -0.213. The summed E-state index contributed by atoms with van der Waals surface area (Å²) < 4.78 is 11.7. The summed E-state index contributed by atoms with van der Waals surface area (Å²) in [6.45, 7) is 2.41. The van der Waals surface area contributed by atoms with E-state index in [0.717, 1.165) is 11.1 Å². The number of thioether (sulfide) groups is 1. The first-order chi connectivity index (χ1) is 12.5. The van der Waals surface area contributed by atoms with Crippen LogP contribution in [-0.2, 0) is 11.4 Å². The van der Waals surface area contributed by atoms with Crippen molar-refractivity contribution in [2.45, 2.75) is 13.5 Å².